The molecule has 0 aliphatic rings. The van der Waals surface area contributed by atoms with Gasteiger partial charge >= 0.3 is 5.97 Å². The lowest BCUT2D eigenvalue weighted by atomic mass is 9.86. The highest BCUT2D eigenvalue weighted by molar-refractivity contribution is 6.09. The summed E-state index contributed by atoms with van der Waals surface area (Å²) < 4.78 is 19.8. The number of aliphatic hydroxyl groups excluding tert-OH is 1. The standard InChI is InChI=1S/C31H26FN3O2.C2H6O/c1-3-5-8-20-9-6-7-10-26(20)30-27(19-34)23(18-33)15-22-16-24(32)17-28(29(22)30)35-25-13-11-21(12-14-25)31(36)37-4-2;1-2-3/h6-7,9-17,35H,3-5,8H2,1-2H3;3H,2H2,1H3. The lowest BCUT2D eigenvalue weighted by Crippen LogP contribution is -2.04. The lowest BCUT2D eigenvalue weighted by Gasteiger charge is -2.19. The summed E-state index contributed by atoms with van der Waals surface area (Å²) in [7, 11) is 0. The second-order valence-electron chi connectivity index (χ2n) is 8.95. The smallest absolute Gasteiger partial charge is 0.338 e. The number of nitrogens with zero attached hydrogens (tertiary/aromatic N) is 2. The third-order valence-electron chi connectivity index (χ3n) is 6.20. The number of esters is 1. The zero-order chi connectivity index (χ0) is 29.1. The van der Waals surface area contributed by atoms with E-state index in [1.165, 1.54) is 12.1 Å². The van der Waals surface area contributed by atoms with Crippen LogP contribution in [0.4, 0.5) is 15.8 Å². The minimum atomic E-state index is -0.475. The number of hydrogen-bond donors (Lipinski definition) is 2. The maximum atomic E-state index is 14.8. The fourth-order valence-corrected chi connectivity index (χ4v) is 4.49. The molecule has 7 heteroatoms. The second-order valence-corrected chi connectivity index (χ2v) is 8.95. The number of nitriles is 2. The van der Waals surface area contributed by atoms with Crippen LogP contribution in [0, 0.1) is 28.5 Å². The van der Waals surface area contributed by atoms with E-state index in [9.17, 15) is 19.7 Å². The van der Waals surface area contributed by atoms with Gasteiger partial charge in [-0.3, -0.25) is 0 Å². The molecule has 4 aromatic carbocycles. The number of unbranched alkanes of at least 4 members (excludes halogenated alkanes) is 1. The Labute approximate surface area is 234 Å². The summed E-state index contributed by atoms with van der Waals surface area (Å²) in [6, 6.07) is 23.2. The highest BCUT2D eigenvalue weighted by Gasteiger charge is 2.21. The largest absolute Gasteiger partial charge is 0.462 e. The summed E-state index contributed by atoms with van der Waals surface area (Å²) in [6.07, 6.45) is 2.80. The lowest BCUT2D eigenvalue weighted by molar-refractivity contribution is 0.0526. The van der Waals surface area contributed by atoms with Gasteiger partial charge in [0.15, 0.2) is 0 Å². The number of anilines is 2. The summed E-state index contributed by atoms with van der Waals surface area (Å²) in [5.41, 5.74) is 4.47. The Morgan fingerprint density at radius 2 is 1.70 bits per heavy atom. The van der Waals surface area contributed by atoms with Gasteiger partial charge in [0.1, 0.15) is 18.0 Å². The quantitative estimate of drug-likeness (QED) is 0.224. The molecule has 0 saturated carbocycles. The molecule has 204 valence electrons. The number of hydrogen-bond acceptors (Lipinski definition) is 6. The van der Waals surface area contributed by atoms with Crippen LogP contribution in [0.3, 0.4) is 0 Å². The van der Waals surface area contributed by atoms with Gasteiger partial charge < -0.3 is 15.2 Å². The molecule has 0 aromatic heterocycles. The van der Waals surface area contributed by atoms with E-state index in [2.05, 4.69) is 24.4 Å². The average molecular weight is 538 g/mol. The van der Waals surface area contributed by atoms with Crippen LogP contribution in [-0.4, -0.2) is 24.3 Å². The first-order valence-electron chi connectivity index (χ1n) is 13.3. The number of rotatable bonds is 8. The third kappa shape index (κ3) is 6.83. The van der Waals surface area contributed by atoms with Crippen LogP contribution in [0.25, 0.3) is 21.9 Å². The van der Waals surface area contributed by atoms with Crippen LogP contribution in [0.2, 0.25) is 0 Å². The molecule has 0 fully saturated rings. The SMILES string of the molecule is CCCCc1ccccc1-c1c(C#N)c(C#N)cc2cc(F)cc(Nc3ccc(C(=O)OCC)cc3)c12.CCO. The Kier molecular flexibility index (Phi) is 10.8. The predicted molar refractivity (Wildman–Crippen MR) is 156 cm³/mol. The Morgan fingerprint density at radius 3 is 2.33 bits per heavy atom. The van der Waals surface area contributed by atoms with Crippen molar-refractivity contribution < 1.29 is 19.0 Å². The minimum Gasteiger partial charge on any atom is -0.462 e. The topological polar surface area (TPSA) is 106 Å². The van der Waals surface area contributed by atoms with Crippen LogP contribution in [0.1, 0.15) is 60.7 Å². The zero-order valence-electron chi connectivity index (χ0n) is 22.9. The molecule has 0 atom stereocenters. The van der Waals surface area contributed by atoms with Crippen molar-refractivity contribution in [1.29, 1.82) is 10.5 Å². The summed E-state index contributed by atoms with van der Waals surface area (Å²) in [5.74, 6) is -0.893. The molecule has 4 rings (SSSR count). The molecule has 0 spiro atoms. The monoisotopic (exact) mass is 537 g/mol. The molecule has 0 aliphatic heterocycles. The van der Waals surface area contributed by atoms with Crippen molar-refractivity contribution in [2.24, 2.45) is 0 Å². The second kappa shape index (κ2) is 14.4. The fraction of sp³-hybridized carbons (Fsp3) is 0.242. The van der Waals surface area contributed by atoms with Gasteiger partial charge in [0.25, 0.3) is 0 Å². The number of fused-ring (bicyclic) bond motifs is 1. The Morgan fingerprint density at radius 1 is 1.00 bits per heavy atom. The van der Waals surface area contributed by atoms with Crippen LogP contribution in [0.15, 0.2) is 66.7 Å². The average Bonchev–Trinajstić information content (AvgIpc) is 2.96. The van der Waals surface area contributed by atoms with Crippen molar-refractivity contribution in [2.75, 3.05) is 18.5 Å². The molecule has 0 saturated heterocycles. The third-order valence-corrected chi connectivity index (χ3v) is 6.20. The van der Waals surface area contributed by atoms with Crippen LogP contribution in [-0.2, 0) is 11.2 Å². The number of nitrogens with one attached hydrogen (secondary N) is 1. The van der Waals surface area contributed by atoms with Gasteiger partial charge in [-0.1, -0.05) is 37.6 Å². The molecule has 4 aromatic rings. The number of aliphatic hydroxyl groups is 1. The fourth-order valence-electron chi connectivity index (χ4n) is 4.49. The van der Waals surface area contributed by atoms with Crippen LogP contribution >= 0.6 is 0 Å². The van der Waals surface area contributed by atoms with Crippen LogP contribution in [0.5, 0.6) is 0 Å². The van der Waals surface area contributed by atoms with E-state index in [-0.39, 0.29) is 24.3 Å². The molecule has 0 bridgehead atoms. The normalized spacial score (nSPS) is 10.2. The Hall–Kier alpha value is -4.72. The van der Waals surface area contributed by atoms with E-state index in [1.54, 1.807) is 44.2 Å². The van der Waals surface area contributed by atoms with Gasteiger partial charge in [-0.05, 0) is 85.7 Å². The summed E-state index contributed by atoms with van der Waals surface area (Å²) in [5, 5.41) is 32.0. The van der Waals surface area contributed by atoms with E-state index in [0.29, 0.717) is 33.3 Å². The summed E-state index contributed by atoms with van der Waals surface area (Å²) in [6.45, 7) is 6.07. The first kappa shape index (κ1) is 29.8. The number of halogens is 1. The first-order valence-corrected chi connectivity index (χ1v) is 13.3. The van der Waals surface area contributed by atoms with E-state index in [4.69, 9.17) is 9.84 Å². The zero-order valence-corrected chi connectivity index (χ0v) is 22.9. The number of aryl methyl sites for hydroxylation is 1. The van der Waals surface area contributed by atoms with E-state index in [1.807, 2.05) is 24.3 Å². The molecule has 0 unspecified atom stereocenters. The number of ether oxygens (including phenoxy) is 1. The first-order chi connectivity index (χ1) is 19.4. The number of carbonyl (C=O) groups is 1. The van der Waals surface area contributed by atoms with Crippen molar-refractivity contribution in [3.05, 3.63) is 94.8 Å². The minimum absolute atomic E-state index is 0.200. The molecule has 2 N–H and O–H groups in total. The predicted octanol–water partition coefficient (Wildman–Crippen LogP) is 7.65. The van der Waals surface area contributed by atoms with Crippen molar-refractivity contribution in [3.8, 4) is 23.3 Å². The van der Waals surface area contributed by atoms with Gasteiger partial charge in [-0.2, -0.15) is 10.5 Å². The highest BCUT2D eigenvalue weighted by atomic mass is 19.1. The van der Waals surface area contributed by atoms with Gasteiger partial charge in [-0.15, -0.1) is 0 Å². The van der Waals surface area contributed by atoms with Gasteiger partial charge in [0, 0.05) is 28.9 Å². The van der Waals surface area contributed by atoms with Gasteiger partial charge in [0.05, 0.1) is 23.3 Å². The van der Waals surface area contributed by atoms with Crippen molar-refractivity contribution in [1.82, 2.24) is 0 Å². The van der Waals surface area contributed by atoms with E-state index >= 15 is 0 Å². The maximum absolute atomic E-state index is 14.8. The molecular formula is C33H32FN3O3. The van der Waals surface area contributed by atoms with Crippen molar-refractivity contribution in [3.63, 3.8) is 0 Å². The summed E-state index contributed by atoms with van der Waals surface area (Å²) >= 11 is 0. The molecule has 0 radical (unpaired) electrons. The highest BCUT2D eigenvalue weighted by Crippen LogP contribution is 2.41. The number of carbonyl (C=O) groups excluding carboxylic acids is 1. The number of benzene rings is 4. The maximum Gasteiger partial charge on any atom is 0.338 e. The van der Waals surface area contributed by atoms with Gasteiger partial charge in [-0.25, -0.2) is 9.18 Å². The molecule has 0 aliphatic carbocycles. The Bertz CT molecular complexity index is 1570. The Balaban J connectivity index is 0.00000141. The molecule has 40 heavy (non-hydrogen) atoms. The molecule has 6 nitrogen and oxygen atoms in total. The molecular weight excluding hydrogens is 505 g/mol. The van der Waals surface area contributed by atoms with Crippen LogP contribution < -0.4 is 5.32 Å². The van der Waals surface area contributed by atoms with E-state index in [0.717, 1.165) is 30.4 Å². The van der Waals surface area contributed by atoms with E-state index < -0.39 is 11.8 Å². The van der Waals surface area contributed by atoms with Crippen molar-refractivity contribution in [2.45, 2.75) is 40.0 Å². The molecule has 0 heterocycles. The van der Waals surface area contributed by atoms with Gasteiger partial charge in [0.2, 0.25) is 0 Å². The molecule has 0 amide bonds. The summed E-state index contributed by atoms with van der Waals surface area (Å²) in [4.78, 5) is 12.0. The van der Waals surface area contributed by atoms with Crippen molar-refractivity contribution >= 4 is 28.1 Å².